The summed E-state index contributed by atoms with van der Waals surface area (Å²) < 4.78 is 7.13. The molecule has 26 heavy (non-hydrogen) atoms. The molecule has 2 aromatic heterocycles. The van der Waals surface area contributed by atoms with Crippen molar-refractivity contribution in [3.8, 4) is 16.3 Å². The molecule has 0 aliphatic carbocycles. The average Bonchev–Trinajstić information content (AvgIpc) is 3.25. The zero-order valence-electron chi connectivity index (χ0n) is 14.7. The number of rotatable bonds is 6. The Kier molecular flexibility index (Phi) is 4.64. The molecule has 0 radical (unpaired) electrons. The van der Waals surface area contributed by atoms with Crippen molar-refractivity contribution in [2.75, 3.05) is 14.2 Å². The third kappa shape index (κ3) is 3.44. The van der Waals surface area contributed by atoms with Crippen LogP contribution in [0.4, 0.5) is 0 Å². The highest BCUT2D eigenvalue weighted by Gasteiger charge is 2.15. The predicted octanol–water partition coefficient (Wildman–Crippen LogP) is 3.49. The molecule has 4 rings (SSSR count). The fourth-order valence-corrected chi connectivity index (χ4v) is 3.68. The third-order valence-corrected chi connectivity index (χ3v) is 5.03. The van der Waals surface area contributed by atoms with E-state index in [4.69, 9.17) is 9.84 Å². The van der Waals surface area contributed by atoms with Crippen LogP contribution in [-0.4, -0.2) is 38.9 Å². The number of ether oxygens (including phenoxy) is 1. The van der Waals surface area contributed by atoms with E-state index in [2.05, 4.69) is 46.4 Å². The first-order chi connectivity index (χ1) is 12.7. The summed E-state index contributed by atoms with van der Waals surface area (Å²) in [7, 11) is 3.74. The highest BCUT2D eigenvalue weighted by molar-refractivity contribution is 7.19. The highest BCUT2D eigenvalue weighted by Crippen LogP contribution is 2.28. The Morgan fingerprint density at radius 2 is 1.88 bits per heavy atom. The van der Waals surface area contributed by atoms with Gasteiger partial charge in [0.05, 0.1) is 13.7 Å². The lowest BCUT2D eigenvalue weighted by atomic mass is 10.2. The summed E-state index contributed by atoms with van der Waals surface area (Å²) in [4.78, 5) is 3.00. The summed E-state index contributed by atoms with van der Waals surface area (Å²) in [5.41, 5.74) is 2.29. The van der Waals surface area contributed by atoms with Crippen LogP contribution in [0.1, 0.15) is 11.4 Å². The second kappa shape index (κ2) is 7.23. The van der Waals surface area contributed by atoms with E-state index < -0.39 is 0 Å². The first kappa shape index (κ1) is 16.7. The normalized spacial score (nSPS) is 11.3. The van der Waals surface area contributed by atoms with Gasteiger partial charge in [-0.05, 0) is 24.7 Å². The Morgan fingerprint density at radius 3 is 2.69 bits per heavy atom. The van der Waals surface area contributed by atoms with Crippen molar-refractivity contribution in [1.29, 1.82) is 0 Å². The van der Waals surface area contributed by atoms with Gasteiger partial charge in [0.2, 0.25) is 4.96 Å². The SMILES string of the molecule is COc1cccc(-c2nn3c(CN(C)Cc4ccccc4)nnc3s2)c1. The van der Waals surface area contributed by atoms with Crippen molar-refractivity contribution in [3.05, 3.63) is 66.0 Å². The Balaban J connectivity index is 1.56. The maximum Gasteiger partial charge on any atom is 0.235 e. The Bertz CT molecular complexity index is 1010. The van der Waals surface area contributed by atoms with Crippen LogP contribution >= 0.6 is 11.3 Å². The lowest BCUT2D eigenvalue weighted by molar-refractivity contribution is 0.308. The van der Waals surface area contributed by atoms with Gasteiger partial charge >= 0.3 is 0 Å². The van der Waals surface area contributed by atoms with E-state index in [1.165, 1.54) is 16.9 Å². The molecule has 0 amide bonds. The zero-order valence-corrected chi connectivity index (χ0v) is 15.5. The number of aromatic nitrogens is 4. The molecule has 0 N–H and O–H groups in total. The minimum Gasteiger partial charge on any atom is -0.497 e. The number of methoxy groups -OCH3 is 1. The Labute approximate surface area is 155 Å². The smallest absolute Gasteiger partial charge is 0.235 e. The number of fused-ring (bicyclic) bond motifs is 1. The lowest BCUT2D eigenvalue weighted by Gasteiger charge is -2.14. The first-order valence-corrected chi connectivity index (χ1v) is 9.12. The maximum atomic E-state index is 5.30. The molecular weight excluding hydrogens is 346 g/mol. The van der Waals surface area contributed by atoms with Crippen LogP contribution in [0, 0.1) is 0 Å². The molecule has 0 saturated heterocycles. The molecule has 0 bridgehead atoms. The molecule has 0 aliphatic heterocycles. The third-order valence-electron chi connectivity index (χ3n) is 4.08. The van der Waals surface area contributed by atoms with Crippen LogP contribution in [0.2, 0.25) is 0 Å². The highest BCUT2D eigenvalue weighted by atomic mass is 32.1. The van der Waals surface area contributed by atoms with Gasteiger partial charge in [-0.1, -0.05) is 53.8 Å². The summed E-state index contributed by atoms with van der Waals surface area (Å²) >= 11 is 1.53. The monoisotopic (exact) mass is 365 g/mol. The molecule has 2 aromatic carbocycles. The van der Waals surface area contributed by atoms with Crippen molar-refractivity contribution in [2.45, 2.75) is 13.1 Å². The van der Waals surface area contributed by atoms with E-state index in [0.29, 0.717) is 6.54 Å². The molecule has 6 nitrogen and oxygen atoms in total. The second-order valence-corrected chi connectivity index (χ2v) is 7.06. The summed E-state index contributed by atoms with van der Waals surface area (Å²) in [5, 5.41) is 14.2. The number of nitrogens with zero attached hydrogens (tertiary/aromatic N) is 5. The number of benzene rings is 2. The van der Waals surface area contributed by atoms with Gasteiger partial charge in [-0.15, -0.1) is 10.2 Å². The van der Waals surface area contributed by atoms with Crippen molar-refractivity contribution in [1.82, 2.24) is 24.7 Å². The maximum absolute atomic E-state index is 5.30. The predicted molar refractivity (Wildman–Crippen MR) is 102 cm³/mol. The molecule has 0 saturated carbocycles. The quantitative estimate of drug-likeness (QED) is 0.523. The summed E-state index contributed by atoms with van der Waals surface area (Å²) in [6, 6.07) is 18.3. The fourth-order valence-electron chi connectivity index (χ4n) is 2.82. The minimum atomic E-state index is 0.678. The first-order valence-electron chi connectivity index (χ1n) is 8.31. The van der Waals surface area contributed by atoms with Gasteiger partial charge in [0.25, 0.3) is 0 Å². The van der Waals surface area contributed by atoms with E-state index in [-0.39, 0.29) is 0 Å². The molecule has 4 aromatic rings. The fraction of sp³-hybridized carbons (Fsp3) is 0.211. The molecule has 2 heterocycles. The Morgan fingerprint density at radius 1 is 1.04 bits per heavy atom. The zero-order chi connectivity index (χ0) is 17.9. The topological polar surface area (TPSA) is 55.6 Å². The molecular formula is C19H19N5OS. The molecule has 132 valence electrons. The van der Waals surface area contributed by atoms with Crippen LogP contribution in [0.15, 0.2) is 54.6 Å². The van der Waals surface area contributed by atoms with Gasteiger partial charge in [0, 0.05) is 12.1 Å². The second-order valence-electron chi connectivity index (χ2n) is 6.11. The van der Waals surface area contributed by atoms with Gasteiger partial charge < -0.3 is 4.74 Å². The van der Waals surface area contributed by atoms with Gasteiger partial charge in [0.1, 0.15) is 10.8 Å². The average molecular weight is 365 g/mol. The number of hydrogen-bond acceptors (Lipinski definition) is 6. The van der Waals surface area contributed by atoms with Gasteiger partial charge in [-0.25, -0.2) is 0 Å². The van der Waals surface area contributed by atoms with Crippen LogP contribution in [0.3, 0.4) is 0 Å². The minimum absolute atomic E-state index is 0.678. The molecule has 0 unspecified atom stereocenters. The van der Waals surface area contributed by atoms with Gasteiger partial charge in [-0.2, -0.15) is 9.61 Å². The molecule has 0 spiro atoms. The van der Waals surface area contributed by atoms with Crippen LogP contribution in [0.25, 0.3) is 15.5 Å². The van der Waals surface area contributed by atoms with Crippen LogP contribution < -0.4 is 4.74 Å². The van der Waals surface area contributed by atoms with Gasteiger partial charge in [-0.3, -0.25) is 4.90 Å². The van der Waals surface area contributed by atoms with Crippen molar-refractivity contribution in [3.63, 3.8) is 0 Å². The molecule has 0 fully saturated rings. The molecule has 7 heteroatoms. The van der Waals surface area contributed by atoms with Crippen LogP contribution in [-0.2, 0) is 13.1 Å². The Hall–Kier alpha value is -2.77. The summed E-state index contributed by atoms with van der Waals surface area (Å²) in [6.45, 7) is 1.53. The standard InChI is InChI=1S/C19H19N5OS/c1-23(12-14-7-4-3-5-8-14)13-17-20-21-19-24(17)22-18(26-19)15-9-6-10-16(11-15)25-2/h3-11H,12-13H2,1-2H3. The van der Waals surface area contributed by atoms with E-state index in [1.54, 1.807) is 7.11 Å². The van der Waals surface area contributed by atoms with E-state index in [9.17, 15) is 0 Å². The summed E-state index contributed by atoms with van der Waals surface area (Å²) in [6.07, 6.45) is 0. The molecule has 0 atom stereocenters. The summed E-state index contributed by atoms with van der Waals surface area (Å²) in [5.74, 6) is 1.65. The van der Waals surface area contributed by atoms with Gasteiger partial charge in [0.15, 0.2) is 5.82 Å². The van der Waals surface area contributed by atoms with Crippen molar-refractivity contribution < 1.29 is 4.74 Å². The van der Waals surface area contributed by atoms with E-state index in [1.807, 2.05) is 34.8 Å². The molecule has 0 aliphatic rings. The van der Waals surface area contributed by atoms with E-state index >= 15 is 0 Å². The van der Waals surface area contributed by atoms with Crippen molar-refractivity contribution >= 4 is 16.3 Å². The number of hydrogen-bond donors (Lipinski definition) is 0. The van der Waals surface area contributed by atoms with Crippen LogP contribution in [0.5, 0.6) is 5.75 Å². The largest absolute Gasteiger partial charge is 0.497 e. The van der Waals surface area contributed by atoms with E-state index in [0.717, 1.165) is 33.7 Å². The lowest BCUT2D eigenvalue weighted by Crippen LogP contribution is -2.19. The van der Waals surface area contributed by atoms with Crippen molar-refractivity contribution in [2.24, 2.45) is 0 Å².